The van der Waals surface area contributed by atoms with E-state index in [1.54, 1.807) is 12.1 Å². The molecule has 1 amide bonds. The van der Waals surface area contributed by atoms with Crippen molar-refractivity contribution >= 4 is 33.5 Å². The van der Waals surface area contributed by atoms with Crippen molar-refractivity contribution in [3.63, 3.8) is 0 Å². The number of hydrogen-bond acceptors (Lipinski definition) is 3. The Kier molecular flexibility index (Phi) is 3.78. The fraction of sp³-hybridized carbons (Fsp3) is 0.333. The second kappa shape index (κ2) is 5.31. The van der Waals surface area contributed by atoms with Gasteiger partial charge in [0, 0.05) is 10.2 Å². The highest BCUT2D eigenvalue weighted by molar-refractivity contribution is 9.10. The van der Waals surface area contributed by atoms with Crippen LogP contribution in [-0.4, -0.2) is 18.5 Å². The molecule has 1 fully saturated rings. The predicted octanol–water partition coefficient (Wildman–Crippen LogP) is 2.34. The molecule has 1 N–H and O–H groups in total. The molecule has 0 radical (unpaired) electrons. The van der Waals surface area contributed by atoms with Crippen molar-refractivity contribution in [3.8, 4) is 0 Å². The van der Waals surface area contributed by atoms with E-state index in [0.717, 1.165) is 17.3 Å². The summed E-state index contributed by atoms with van der Waals surface area (Å²) >= 11 is 3.30. The molecule has 0 unspecified atom stereocenters. The number of amides is 1. The number of hydrogen-bond donors (Lipinski definition) is 1. The molecule has 0 aromatic heterocycles. The number of nitrogens with one attached hydrogen (secondary N) is 1. The van der Waals surface area contributed by atoms with Crippen LogP contribution in [-0.2, 0) is 14.3 Å². The topological polar surface area (TPSA) is 55.4 Å². The van der Waals surface area contributed by atoms with Crippen LogP contribution >= 0.6 is 15.9 Å². The first-order valence-corrected chi connectivity index (χ1v) is 6.16. The number of benzene rings is 1. The quantitative estimate of drug-likeness (QED) is 0.868. The zero-order valence-electron chi connectivity index (χ0n) is 9.11. The maximum absolute atomic E-state index is 11.4. The second-order valence-electron chi connectivity index (χ2n) is 3.94. The molecule has 1 aromatic carbocycles. The van der Waals surface area contributed by atoms with Crippen molar-refractivity contribution < 1.29 is 14.3 Å². The normalized spacial score (nSPS) is 14.2. The Morgan fingerprint density at radius 2 is 1.94 bits per heavy atom. The summed E-state index contributed by atoms with van der Waals surface area (Å²) < 4.78 is 5.80. The monoisotopic (exact) mass is 297 g/mol. The van der Waals surface area contributed by atoms with Gasteiger partial charge in [-0.25, -0.2) is 0 Å². The summed E-state index contributed by atoms with van der Waals surface area (Å²) in [5.41, 5.74) is 0.681. The molecule has 1 aliphatic carbocycles. The van der Waals surface area contributed by atoms with Gasteiger partial charge in [0.2, 0.25) is 0 Å². The molecule has 0 bridgehead atoms. The number of esters is 1. The van der Waals surface area contributed by atoms with E-state index in [-0.39, 0.29) is 24.4 Å². The van der Waals surface area contributed by atoms with Crippen LogP contribution in [0.5, 0.6) is 0 Å². The molecule has 0 heterocycles. The molecule has 0 spiro atoms. The smallest absolute Gasteiger partial charge is 0.309 e. The minimum absolute atomic E-state index is 0.0236. The summed E-state index contributed by atoms with van der Waals surface area (Å²) in [6, 6.07) is 7.19. The first kappa shape index (κ1) is 12.1. The van der Waals surface area contributed by atoms with Gasteiger partial charge in [-0.1, -0.05) is 15.9 Å². The van der Waals surface area contributed by atoms with Gasteiger partial charge in [0.15, 0.2) is 6.61 Å². The van der Waals surface area contributed by atoms with E-state index >= 15 is 0 Å². The third-order valence-electron chi connectivity index (χ3n) is 2.38. The first-order chi connectivity index (χ1) is 8.15. The maximum Gasteiger partial charge on any atom is 0.309 e. The van der Waals surface area contributed by atoms with Crippen LogP contribution in [0.4, 0.5) is 5.69 Å². The van der Waals surface area contributed by atoms with Crippen LogP contribution in [0.3, 0.4) is 0 Å². The SMILES string of the molecule is O=C(COC(=O)C1CC1)Nc1ccc(Br)cc1. The Hall–Kier alpha value is -1.36. The van der Waals surface area contributed by atoms with Crippen LogP contribution in [0.1, 0.15) is 12.8 Å². The third kappa shape index (κ3) is 3.85. The lowest BCUT2D eigenvalue weighted by molar-refractivity contribution is -0.148. The number of rotatable bonds is 4. The summed E-state index contributed by atoms with van der Waals surface area (Å²) in [7, 11) is 0. The highest BCUT2D eigenvalue weighted by atomic mass is 79.9. The summed E-state index contributed by atoms with van der Waals surface area (Å²) in [6.45, 7) is -0.217. The minimum atomic E-state index is -0.318. The fourth-order valence-electron chi connectivity index (χ4n) is 1.30. The Morgan fingerprint density at radius 3 is 2.53 bits per heavy atom. The molecule has 5 heteroatoms. The standard InChI is InChI=1S/C12H12BrNO3/c13-9-3-5-10(6-4-9)14-11(15)7-17-12(16)8-1-2-8/h3-6,8H,1-2,7H2,(H,14,15). The van der Waals surface area contributed by atoms with Crippen molar-refractivity contribution in [1.29, 1.82) is 0 Å². The zero-order chi connectivity index (χ0) is 12.3. The summed E-state index contributed by atoms with van der Waals surface area (Å²) in [6.07, 6.45) is 1.76. The molecule has 1 aliphatic rings. The highest BCUT2D eigenvalue weighted by Crippen LogP contribution is 2.29. The van der Waals surface area contributed by atoms with Crippen LogP contribution < -0.4 is 5.32 Å². The van der Waals surface area contributed by atoms with Gasteiger partial charge in [-0.2, -0.15) is 0 Å². The number of halogens is 1. The zero-order valence-corrected chi connectivity index (χ0v) is 10.7. The van der Waals surface area contributed by atoms with Gasteiger partial charge < -0.3 is 10.1 Å². The summed E-state index contributed by atoms with van der Waals surface area (Å²) in [5.74, 6) is -0.562. The molecule has 2 rings (SSSR count). The molecule has 4 nitrogen and oxygen atoms in total. The number of anilines is 1. The van der Waals surface area contributed by atoms with Crippen molar-refractivity contribution in [2.45, 2.75) is 12.8 Å². The Labute approximate surface area is 107 Å². The average Bonchev–Trinajstić information content (AvgIpc) is 3.13. The van der Waals surface area contributed by atoms with E-state index in [0.29, 0.717) is 5.69 Å². The van der Waals surface area contributed by atoms with Gasteiger partial charge in [0.1, 0.15) is 0 Å². The second-order valence-corrected chi connectivity index (χ2v) is 4.85. The van der Waals surface area contributed by atoms with E-state index in [1.165, 1.54) is 0 Å². The van der Waals surface area contributed by atoms with Crippen molar-refractivity contribution in [2.75, 3.05) is 11.9 Å². The van der Waals surface area contributed by atoms with Crippen molar-refractivity contribution in [1.82, 2.24) is 0 Å². The predicted molar refractivity (Wildman–Crippen MR) is 66.5 cm³/mol. The maximum atomic E-state index is 11.4. The average molecular weight is 298 g/mol. The number of carbonyl (C=O) groups is 2. The van der Waals surface area contributed by atoms with Crippen LogP contribution in [0.2, 0.25) is 0 Å². The molecular formula is C12H12BrNO3. The Balaban J connectivity index is 1.76. The number of ether oxygens (including phenoxy) is 1. The molecule has 1 saturated carbocycles. The lowest BCUT2D eigenvalue weighted by Gasteiger charge is -2.06. The van der Waals surface area contributed by atoms with E-state index in [2.05, 4.69) is 21.2 Å². The molecular weight excluding hydrogens is 286 g/mol. The lowest BCUT2D eigenvalue weighted by Crippen LogP contribution is -2.21. The van der Waals surface area contributed by atoms with Gasteiger partial charge in [-0.15, -0.1) is 0 Å². The van der Waals surface area contributed by atoms with Gasteiger partial charge in [0.25, 0.3) is 5.91 Å². The molecule has 0 aliphatic heterocycles. The minimum Gasteiger partial charge on any atom is -0.455 e. The van der Waals surface area contributed by atoms with Gasteiger partial charge in [0.05, 0.1) is 5.92 Å². The highest BCUT2D eigenvalue weighted by Gasteiger charge is 2.31. The molecule has 17 heavy (non-hydrogen) atoms. The van der Waals surface area contributed by atoms with Crippen LogP contribution in [0, 0.1) is 5.92 Å². The van der Waals surface area contributed by atoms with Crippen molar-refractivity contribution in [2.24, 2.45) is 5.92 Å². The Morgan fingerprint density at radius 1 is 1.29 bits per heavy atom. The molecule has 0 saturated heterocycles. The lowest BCUT2D eigenvalue weighted by atomic mass is 10.3. The molecule has 1 aromatic rings. The van der Waals surface area contributed by atoms with Gasteiger partial charge in [-0.3, -0.25) is 9.59 Å². The van der Waals surface area contributed by atoms with E-state index in [9.17, 15) is 9.59 Å². The van der Waals surface area contributed by atoms with E-state index in [4.69, 9.17) is 4.74 Å². The fourth-order valence-corrected chi connectivity index (χ4v) is 1.57. The van der Waals surface area contributed by atoms with E-state index in [1.807, 2.05) is 12.1 Å². The Bertz CT molecular complexity index is 426. The molecule has 90 valence electrons. The molecule has 0 atom stereocenters. The number of carbonyl (C=O) groups excluding carboxylic acids is 2. The van der Waals surface area contributed by atoms with Crippen LogP contribution in [0.25, 0.3) is 0 Å². The summed E-state index contributed by atoms with van der Waals surface area (Å²) in [5, 5.41) is 2.65. The first-order valence-electron chi connectivity index (χ1n) is 5.37. The van der Waals surface area contributed by atoms with E-state index < -0.39 is 0 Å². The third-order valence-corrected chi connectivity index (χ3v) is 2.91. The van der Waals surface area contributed by atoms with Crippen LogP contribution in [0.15, 0.2) is 28.7 Å². The van der Waals surface area contributed by atoms with Gasteiger partial charge in [-0.05, 0) is 37.1 Å². The van der Waals surface area contributed by atoms with Gasteiger partial charge >= 0.3 is 5.97 Å². The van der Waals surface area contributed by atoms with Crippen molar-refractivity contribution in [3.05, 3.63) is 28.7 Å². The largest absolute Gasteiger partial charge is 0.455 e. The summed E-state index contributed by atoms with van der Waals surface area (Å²) in [4.78, 5) is 22.6.